The van der Waals surface area contributed by atoms with Crippen LogP contribution in [-0.2, 0) is 6.54 Å². The Morgan fingerprint density at radius 1 is 1.29 bits per heavy atom. The lowest BCUT2D eigenvalue weighted by Gasteiger charge is -2.04. The molecular formula is C11H10F3N3. The van der Waals surface area contributed by atoms with Gasteiger partial charge in [-0.1, -0.05) is 0 Å². The van der Waals surface area contributed by atoms with Crippen molar-refractivity contribution < 1.29 is 13.2 Å². The molecule has 6 heteroatoms. The van der Waals surface area contributed by atoms with E-state index < -0.39 is 17.5 Å². The summed E-state index contributed by atoms with van der Waals surface area (Å²) in [5.41, 5.74) is 0.404. The van der Waals surface area contributed by atoms with Gasteiger partial charge in [-0.3, -0.25) is 0 Å². The number of rotatable bonds is 3. The van der Waals surface area contributed by atoms with E-state index in [9.17, 15) is 13.2 Å². The molecule has 0 atom stereocenters. The minimum absolute atomic E-state index is 0.246. The fraction of sp³-hybridized carbons (Fsp3) is 0.182. The van der Waals surface area contributed by atoms with Gasteiger partial charge in [0.05, 0.1) is 5.69 Å². The molecule has 0 saturated carbocycles. The number of benzene rings is 1. The third kappa shape index (κ3) is 2.31. The molecule has 3 nitrogen and oxygen atoms in total. The Labute approximate surface area is 95.9 Å². The molecule has 0 bridgehead atoms. The van der Waals surface area contributed by atoms with Crippen molar-refractivity contribution in [3.05, 3.63) is 47.5 Å². The van der Waals surface area contributed by atoms with Gasteiger partial charge in [-0.25, -0.2) is 17.9 Å². The van der Waals surface area contributed by atoms with E-state index in [0.717, 1.165) is 10.7 Å². The highest BCUT2D eigenvalue weighted by Gasteiger charge is 2.13. The van der Waals surface area contributed by atoms with E-state index in [-0.39, 0.29) is 5.69 Å². The maximum Gasteiger partial charge on any atom is 0.184 e. The summed E-state index contributed by atoms with van der Waals surface area (Å²) in [5.74, 6) is -3.19. The Kier molecular flexibility index (Phi) is 3.14. The van der Waals surface area contributed by atoms with Crippen LogP contribution in [0.5, 0.6) is 0 Å². The van der Waals surface area contributed by atoms with Gasteiger partial charge in [-0.15, -0.1) is 0 Å². The van der Waals surface area contributed by atoms with Gasteiger partial charge >= 0.3 is 0 Å². The van der Waals surface area contributed by atoms with Gasteiger partial charge in [0.25, 0.3) is 0 Å². The van der Waals surface area contributed by atoms with E-state index in [2.05, 4.69) is 10.4 Å². The monoisotopic (exact) mass is 241 g/mol. The van der Waals surface area contributed by atoms with Crippen LogP contribution >= 0.6 is 0 Å². The molecule has 0 spiro atoms. The third-order valence-electron chi connectivity index (χ3n) is 2.22. The zero-order chi connectivity index (χ0) is 12.4. The highest BCUT2D eigenvalue weighted by Crippen LogP contribution is 2.18. The average molecular weight is 241 g/mol. The van der Waals surface area contributed by atoms with Gasteiger partial charge in [-0.2, -0.15) is 5.10 Å². The Balaban J connectivity index is 2.44. The first-order valence-electron chi connectivity index (χ1n) is 4.96. The zero-order valence-electron chi connectivity index (χ0n) is 9.04. The van der Waals surface area contributed by atoms with E-state index in [1.807, 2.05) is 0 Å². The molecule has 0 unspecified atom stereocenters. The molecule has 0 aliphatic rings. The molecule has 2 rings (SSSR count). The molecule has 1 heterocycles. The van der Waals surface area contributed by atoms with E-state index in [1.165, 1.54) is 6.20 Å². The lowest BCUT2D eigenvalue weighted by atomic mass is 10.3. The van der Waals surface area contributed by atoms with Crippen molar-refractivity contribution in [1.82, 2.24) is 15.1 Å². The van der Waals surface area contributed by atoms with Crippen LogP contribution in [0, 0.1) is 17.5 Å². The molecule has 0 aliphatic heterocycles. The van der Waals surface area contributed by atoms with Crippen LogP contribution in [-0.4, -0.2) is 16.8 Å². The van der Waals surface area contributed by atoms with Gasteiger partial charge in [0.15, 0.2) is 11.6 Å². The predicted octanol–water partition coefficient (Wildman–Crippen LogP) is 2.01. The lowest BCUT2D eigenvalue weighted by molar-refractivity contribution is 0.487. The van der Waals surface area contributed by atoms with Gasteiger partial charge in [-0.05, 0) is 13.1 Å². The molecule has 90 valence electrons. The fourth-order valence-corrected chi connectivity index (χ4v) is 1.48. The number of hydrogen-bond acceptors (Lipinski definition) is 2. The van der Waals surface area contributed by atoms with E-state index in [4.69, 9.17) is 0 Å². The summed E-state index contributed by atoms with van der Waals surface area (Å²) in [7, 11) is 1.74. The summed E-state index contributed by atoms with van der Waals surface area (Å²) in [6.07, 6.45) is 1.45. The Morgan fingerprint density at radius 2 is 2.06 bits per heavy atom. The lowest BCUT2D eigenvalue weighted by Crippen LogP contribution is -2.07. The van der Waals surface area contributed by atoms with Gasteiger partial charge < -0.3 is 5.32 Å². The first-order chi connectivity index (χ1) is 8.11. The second kappa shape index (κ2) is 4.58. The number of hydrogen-bond donors (Lipinski definition) is 1. The van der Waals surface area contributed by atoms with Gasteiger partial charge in [0.1, 0.15) is 11.5 Å². The molecular weight excluding hydrogens is 231 g/mol. The van der Waals surface area contributed by atoms with Crippen molar-refractivity contribution in [3.8, 4) is 5.69 Å². The molecule has 1 aromatic heterocycles. The summed E-state index contributed by atoms with van der Waals surface area (Å²) in [5, 5.41) is 6.86. The molecule has 0 fully saturated rings. The summed E-state index contributed by atoms with van der Waals surface area (Å²) in [4.78, 5) is 0. The van der Waals surface area contributed by atoms with Crippen LogP contribution in [0.15, 0.2) is 24.4 Å². The van der Waals surface area contributed by atoms with Crippen molar-refractivity contribution in [2.75, 3.05) is 7.05 Å². The van der Waals surface area contributed by atoms with Crippen molar-refractivity contribution in [2.45, 2.75) is 6.54 Å². The highest BCUT2D eigenvalue weighted by atomic mass is 19.2. The standard InChI is InChI=1S/C11H10F3N3/c1-15-6-8-2-3-17(16-8)10-5-7(12)4-9(13)11(10)14/h2-5,15H,6H2,1H3. The summed E-state index contributed by atoms with van der Waals surface area (Å²) >= 11 is 0. The molecule has 0 amide bonds. The van der Waals surface area contributed by atoms with Crippen LogP contribution in [0.4, 0.5) is 13.2 Å². The molecule has 1 N–H and O–H groups in total. The van der Waals surface area contributed by atoms with Crippen molar-refractivity contribution in [1.29, 1.82) is 0 Å². The fourth-order valence-electron chi connectivity index (χ4n) is 1.48. The van der Waals surface area contributed by atoms with E-state index in [0.29, 0.717) is 18.3 Å². The Morgan fingerprint density at radius 3 is 2.76 bits per heavy atom. The van der Waals surface area contributed by atoms with Crippen LogP contribution in [0.3, 0.4) is 0 Å². The highest BCUT2D eigenvalue weighted by molar-refractivity contribution is 5.34. The molecule has 1 aromatic carbocycles. The van der Waals surface area contributed by atoms with Crippen LogP contribution in [0.2, 0.25) is 0 Å². The number of aromatic nitrogens is 2. The molecule has 0 radical (unpaired) electrons. The van der Waals surface area contributed by atoms with E-state index >= 15 is 0 Å². The third-order valence-corrected chi connectivity index (χ3v) is 2.22. The Hall–Kier alpha value is -1.82. The minimum atomic E-state index is -1.23. The van der Waals surface area contributed by atoms with Crippen molar-refractivity contribution in [2.24, 2.45) is 0 Å². The second-order valence-corrected chi connectivity index (χ2v) is 3.50. The first-order valence-corrected chi connectivity index (χ1v) is 4.96. The molecule has 0 aliphatic carbocycles. The molecule has 0 saturated heterocycles. The summed E-state index contributed by atoms with van der Waals surface area (Å²) < 4.78 is 40.6. The smallest absolute Gasteiger partial charge is 0.184 e. The minimum Gasteiger partial charge on any atom is -0.314 e. The largest absolute Gasteiger partial charge is 0.314 e. The van der Waals surface area contributed by atoms with Crippen LogP contribution in [0.25, 0.3) is 5.69 Å². The second-order valence-electron chi connectivity index (χ2n) is 3.50. The van der Waals surface area contributed by atoms with Crippen LogP contribution in [0.1, 0.15) is 5.69 Å². The SMILES string of the molecule is CNCc1ccn(-c2cc(F)cc(F)c2F)n1. The maximum atomic E-state index is 13.4. The number of halogens is 3. The van der Waals surface area contributed by atoms with Gasteiger partial charge in [0, 0.05) is 24.9 Å². The van der Waals surface area contributed by atoms with Crippen molar-refractivity contribution in [3.63, 3.8) is 0 Å². The maximum absolute atomic E-state index is 13.4. The number of nitrogens with zero attached hydrogens (tertiary/aromatic N) is 2. The number of nitrogens with one attached hydrogen (secondary N) is 1. The normalized spacial score (nSPS) is 10.8. The molecule has 17 heavy (non-hydrogen) atoms. The summed E-state index contributed by atoms with van der Waals surface area (Å²) in [6, 6.07) is 3.03. The predicted molar refractivity (Wildman–Crippen MR) is 56.2 cm³/mol. The van der Waals surface area contributed by atoms with Crippen molar-refractivity contribution >= 4 is 0 Å². The van der Waals surface area contributed by atoms with Crippen LogP contribution < -0.4 is 5.32 Å². The van der Waals surface area contributed by atoms with Gasteiger partial charge in [0.2, 0.25) is 0 Å². The topological polar surface area (TPSA) is 29.9 Å². The van der Waals surface area contributed by atoms with E-state index in [1.54, 1.807) is 13.1 Å². The zero-order valence-corrected chi connectivity index (χ0v) is 9.04. The quantitative estimate of drug-likeness (QED) is 0.833. The summed E-state index contributed by atoms with van der Waals surface area (Å²) in [6.45, 7) is 0.492. The Bertz CT molecular complexity index is 537. The first kappa shape index (κ1) is 11.7. The molecule has 2 aromatic rings. The average Bonchev–Trinajstić information content (AvgIpc) is 2.72.